The maximum absolute atomic E-state index is 6.25. The molecule has 0 aliphatic carbocycles. The third-order valence-corrected chi connectivity index (χ3v) is 4.06. The van der Waals surface area contributed by atoms with Crippen LogP contribution in [0.4, 0.5) is 5.69 Å². The highest BCUT2D eigenvalue weighted by molar-refractivity contribution is 9.10. The number of rotatable bonds is 2. The molecule has 2 rings (SSSR count). The standard InChI is InChI=1S/C14H16BrClN2/c1-7(2)11-8(3)18-13-10(16)6-5-9(15)12(13)14(11)17-4/h5-7H,1-4H3,(H,17,18). The van der Waals surface area contributed by atoms with Gasteiger partial charge >= 0.3 is 0 Å². The molecule has 0 aliphatic heterocycles. The highest BCUT2D eigenvalue weighted by atomic mass is 79.9. The molecule has 96 valence electrons. The molecule has 0 atom stereocenters. The summed E-state index contributed by atoms with van der Waals surface area (Å²) in [5, 5.41) is 5.04. The van der Waals surface area contributed by atoms with Crippen molar-refractivity contribution >= 4 is 44.1 Å². The smallest absolute Gasteiger partial charge is 0.0923 e. The van der Waals surface area contributed by atoms with E-state index in [2.05, 4.69) is 40.1 Å². The van der Waals surface area contributed by atoms with Crippen LogP contribution in [0.3, 0.4) is 0 Å². The maximum atomic E-state index is 6.25. The number of hydrogen-bond acceptors (Lipinski definition) is 2. The second-order valence-corrected chi connectivity index (χ2v) is 5.90. The molecule has 0 radical (unpaired) electrons. The molecule has 0 amide bonds. The molecule has 0 aliphatic rings. The predicted octanol–water partition coefficient (Wildman–Crippen LogP) is 5.12. The summed E-state index contributed by atoms with van der Waals surface area (Å²) in [5.41, 5.74) is 4.23. The first-order valence-corrected chi connectivity index (χ1v) is 7.10. The zero-order valence-electron chi connectivity index (χ0n) is 10.9. The molecule has 0 saturated carbocycles. The molecule has 0 bridgehead atoms. The monoisotopic (exact) mass is 326 g/mol. The van der Waals surface area contributed by atoms with Gasteiger partial charge in [-0.05, 0) is 30.5 Å². The van der Waals surface area contributed by atoms with Crippen LogP contribution in [0.15, 0.2) is 16.6 Å². The zero-order valence-corrected chi connectivity index (χ0v) is 13.3. The van der Waals surface area contributed by atoms with Crippen LogP contribution in [-0.2, 0) is 0 Å². The highest BCUT2D eigenvalue weighted by Gasteiger charge is 2.17. The third-order valence-electron chi connectivity index (χ3n) is 3.09. The molecule has 2 aromatic rings. The zero-order chi connectivity index (χ0) is 13.4. The van der Waals surface area contributed by atoms with E-state index in [-0.39, 0.29) is 0 Å². The van der Waals surface area contributed by atoms with Crippen LogP contribution in [0.25, 0.3) is 10.9 Å². The van der Waals surface area contributed by atoms with Crippen LogP contribution in [0, 0.1) is 6.92 Å². The number of benzene rings is 1. The molecule has 4 heteroatoms. The van der Waals surface area contributed by atoms with Gasteiger partial charge in [0.2, 0.25) is 0 Å². The van der Waals surface area contributed by atoms with Gasteiger partial charge in [0, 0.05) is 28.3 Å². The predicted molar refractivity (Wildman–Crippen MR) is 82.8 cm³/mol. The lowest BCUT2D eigenvalue weighted by molar-refractivity contribution is 0.849. The van der Waals surface area contributed by atoms with Crippen molar-refractivity contribution in [3.63, 3.8) is 0 Å². The number of halogens is 2. The van der Waals surface area contributed by atoms with E-state index >= 15 is 0 Å². The van der Waals surface area contributed by atoms with Crippen molar-refractivity contribution in [3.05, 3.63) is 32.9 Å². The normalized spacial score (nSPS) is 11.3. The fourth-order valence-corrected chi connectivity index (χ4v) is 3.12. The van der Waals surface area contributed by atoms with Crippen molar-refractivity contribution in [2.45, 2.75) is 26.7 Å². The molecular weight excluding hydrogens is 312 g/mol. The summed E-state index contributed by atoms with van der Waals surface area (Å²) in [6.07, 6.45) is 0. The van der Waals surface area contributed by atoms with Gasteiger partial charge in [0.05, 0.1) is 10.5 Å². The van der Waals surface area contributed by atoms with Crippen LogP contribution in [0.1, 0.15) is 31.0 Å². The first kappa shape index (κ1) is 13.6. The van der Waals surface area contributed by atoms with Gasteiger partial charge in [-0.3, -0.25) is 4.98 Å². The molecule has 0 saturated heterocycles. The molecule has 1 heterocycles. The molecule has 0 spiro atoms. The Bertz CT molecular complexity index is 609. The summed E-state index contributed by atoms with van der Waals surface area (Å²) in [4.78, 5) is 4.66. The number of aryl methyl sites for hydroxylation is 1. The van der Waals surface area contributed by atoms with E-state index in [0.717, 1.165) is 26.8 Å². The number of fused-ring (bicyclic) bond motifs is 1. The largest absolute Gasteiger partial charge is 0.387 e. The number of nitrogens with one attached hydrogen (secondary N) is 1. The second-order valence-electron chi connectivity index (χ2n) is 4.64. The van der Waals surface area contributed by atoms with Crippen molar-refractivity contribution in [2.75, 3.05) is 12.4 Å². The average molecular weight is 328 g/mol. The number of pyridine rings is 1. The van der Waals surface area contributed by atoms with Crippen LogP contribution in [0.5, 0.6) is 0 Å². The van der Waals surface area contributed by atoms with Gasteiger partial charge in [-0.15, -0.1) is 0 Å². The third kappa shape index (κ3) is 2.10. The van der Waals surface area contributed by atoms with E-state index in [1.165, 1.54) is 5.56 Å². The molecule has 1 aromatic heterocycles. The highest BCUT2D eigenvalue weighted by Crippen LogP contribution is 2.39. The van der Waals surface area contributed by atoms with Crippen LogP contribution in [0.2, 0.25) is 5.02 Å². The van der Waals surface area contributed by atoms with E-state index in [1.54, 1.807) is 0 Å². The summed E-state index contributed by atoms with van der Waals surface area (Å²) < 4.78 is 1.01. The van der Waals surface area contributed by atoms with E-state index in [4.69, 9.17) is 11.6 Å². The van der Waals surface area contributed by atoms with Gasteiger partial charge in [-0.1, -0.05) is 41.4 Å². The SMILES string of the molecule is CNc1c(C(C)C)c(C)nc2c(Cl)ccc(Br)c12. The van der Waals surface area contributed by atoms with Gasteiger partial charge in [-0.2, -0.15) is 0 Å². The molecule has 2 nitrogen and oxygen atoms in total. The molecule has 18 heavy (non-hydrogen) atoms. The topological polar surface area (TPSA) is 24.9 Å². The lowest BCUT2D eigenvalue weighted by Gasteiger charge is -2.19. The van der Waals surface area contributed by atoms with E-state index in [9.17, 15) is 0 Å². The summed E-state index contributed by atoms with van der Waals surface area (Å²) >= 11 is 9.84. The molecule has 0 unspecified atom stereocenters. The van der Waals surface area contributed by atoms with E-state index < -0.39 is 0 Å². The lowest BCUT2D eigenvalue weighted by Crippen LogP contribution is -2.04. The van der Waals surface area contributed by atoms with Crippen LogP contribution in [-0.4, -0.2) is 12.0 Å². The van der Waals surface area contributed by atoms with E-state index in [1.807, 2.05) is 26.1 Å². The van der Waals surface area contributed by atoms with Crippen LogP contribution < -0.4 is 5.32 Å². The van der Waals surface area contributed by atoms with Gasteiger partial charge in [0.25, 0.3) is 0 Å². The quantitative estimate of drug-likeness (QED) is 0.827. The molecule has 1 N–H and O–H groups in total. The van der Waals surface area contributed by atoms with Gasteiger partial charge in [0.15, 0.2) is 0 Å². The minimum absolute atomic E-state index is 0.412. The summed E-state index contributed by atoms with van der Waals surface area (Å²) in [6, 6.07) is 3.83. The average Bonchev–Trinajstić information content (AvgIpc) is 2.32. The minimum atomic E-state index is 0.412. The first-order chi connectivity index (χ1) is 8.47. The van der Waals surface area contributed by atoms with Crippen molar-refractivity contribution < 1.29 is 0 Å². The fourth-order valence-electron chi connectivity index (χ4n) is 2.40. The number of aromatic nitrogens is 1. The van der Waals surface area contributed by atoms with Crippen molar-refractivity contribution in [3.8, 4) is 0 Å². The van der Waals surface area contributed by atoms with Gasteiger partial charge in [0.1, 0.15) is 0 Å². The number of hydrogen-bond donors (Lipinski definition) is 1. The summed E-state index contributed by atoms with van der Waals surface area (Å²) in [7, 11) is 1.94. The lowest BCUT2D eigenvalue weighted by atomic mass is 9.97. The van der Waals surface area contributed by atoms with Gasteiger partial charge in [-0.25, -0.2) is 0 Å². The Balaban J connectivity index is 2.99. The van der Waals surface area contributed by atoms with Crippen molar-refractivity contribution in [1.29, 1.82) is 0 Å². The number of nitrogens with zero attached hydrogens (tertiary/aromatic N) is 1. The van der Waals surface area contributed by atoms with E-state index in [0.29, 0.717) is 10.9 Å². The van der Waals surface area contributed by atoms with Crippen molar-refractivity contribution in [1.82, 2.24) is 4.98 Å². The molecule has 0 fully saturated rings. The van der Waals surface area contributed by atoms with Crippen molar-refractivity contribution in [2.24, 2.45) is 0 Å². The maximum Gasteiger partial charge on any atom is 0.0923 e. The molecule has 1 aromatic carbocycles. The Kier molecular flexibility index (Phi) is 3.83. The molecular formula is C14H16BrClN2. The summed E-state index contributed by atoms with van der Waals surface area (Å²) in [5.74, 6) is 0.412. The second kappa shape index (κ2) is 5.06. The Morgan fingerprint density at radius 1 is 1.33 bits per heavy atom. The summed E-state index contributed by atoms with van der Waals surface area (Å²) in [6.45, 7) is 6.39. The Hall–Kier alpha value is -0.800. The Labute approximate surface area is 121 Å². The number of anilines is 1. The fraction of sp³-hybridized carbons (Fsp3) is 0.357. The Morgan fingerprint density at radius 2 is 2.00 bits per heavy atom. The Morgan fingerprint density at radius 3 is 2.56 bits per heavy atom. The van der Waals surface area contributed by atoms with Crippen LogP contribution >= 0.6 is 27.5 Å². The minimum Gasteiger partial charge on any atom is -0.387 e. The first-order valence-electron chi connectivity index (χ1n) is 5.93. The van der Waals surface area contributed by atoms with Gasteiger partial charge < -0.3 is 5.32 Å².